The summed E-state index contributed by atoms with van der Waals surface area (Å²) >= 11 is 0. The molecule has 0 atom stereocenters. The largest absolute Gasteiger partial charge is 0.384 e. The first kappa shape index (κ1) is 9.76. The van der Waals surface area contributed by atoms with Crippen LogP contribution in [-0.2, 0) is 13.1 Å². The molecular weight excluding hydrogens is 190 g/mol. The van der Waals surface area contributed by atoms with Crippen LogP contribution in [0.2, 0.25) is 0 Å². The first-order chi connectivity index (χ1) is 7.20. The van der Waals surface area contributed by atoms with E-state index in [4.69, 9.17) is 5.73 Å². The molecule has 80 valence electrons. The number of nitrogen functional groups attached to an aromatic ring is 1. The lowest BCUT2D eigenvalue weighted by atomic mass is 10.4. The highest BCUT2D eigenvalue weighted by Gasteiger charge is 2.05. The second kappa shape index (κ2) is 3.76. The molecule has 5 heteroatoms. The maximum absolute atomic E-state index is 5.82. The molecule has 5 nitrogen and oxygen atoms in total. The lowest BCUT2D eigenvalue weighted by molar-refractivity contribution is 0.579. The average molecular weight is 205 g/mol. The summed E-state index contributed by atoms with van der Waals surface area (Å²) in [6.45, 7) is 5.54. The summed E-state index contributed by atoms with van der Waals surface area (Å²) in [6, 6.07) is 3.85. The highest BCUT2D eigenvalue weighted by molar-refractivity contribution is 5.30. The minimum Gasteiger partial charge on any atom is -0.384 e. The van der Waals surface area contributed by atoms with E-state index >= 15 is 0 Å². The smallest absolute Gasteiger partial charge is 0.122 e. The Labute approximate surface area is 88.5 Å². The summed E-state index contributed by atoms with van der Waals surface area (Å²) in [5.41, 5.74) is 7.88. The van der Waals surface area contributed by atoms with Gasteiger partial charge in [0.25, 0.3) is 0 Å². The molecule has 0 fully saturated rings. The molecule has 0 saturated carbocycles. The lowest BCUT2D eigenvalue weighted by Gasteiger charge is -2.06. The van der Waals surface area contributed by atoms with Crippen LogP contribution in [-0.4, -0.2) is 19.6 Å². The number of nitrogens with two attached hydrogens (primary N) is 1. The van der Waals surface area contributed by atoms with E-state index in [-0.39, 0.29) is 0 Å². The minimum atomic E-state index is 0.674. The van der Waals surface area contributed by atoms with Crippen LogP contribution < -0.4 is 5.73 Å². The maximum Gasteiger partial charge on any atom is 0.122 e. The minimum absolute atomic E-state index is 0.674. The SMILES string of the molecule is CCn1nccc1Cn1nc(C)cc1N. The fraction of sp³-hybridized carbons (Fsp3) is 0.400. The molecule has 2 aromatic rings. The summed E-state index contributed by atoms with van der Waals surface area (Å²) in [6.07, 6.45) is 1.80. The third-order valence-electron chi connectivity index (χ3n) is 2.35. The lowest BCUT2D eigenvalue weighted by Crippen LogP contribution is -2.10. The molecule has 0 aliphatic carbocycles. The van der Waals surface area contributed by atoms with Gasteiger partial charge >= 0.3 is 0 Å². The van der Waals surface area contributed by atoms with Crippen molar-refractivity contribution in [3.05, 3.63) is 29.7 Å². The van der Waals surface area contributed by atoms with E-state index in [9.17, 15) is 0 Å². The van der Waals surface area contributed by atoms with Gasteiger partial charge in [0, 0.05) is 18.8 Å². The molecule has 15 heavy (non-hydrogen) atoms. The van der Waals surface area contributed by atoms with Crippen LogP contribution in [0.25, 0.3) is 0 Å². The standard InChI is InChI=1S/C10H15N5/c1-3-14-9(4-5-12-14)7-15-10(11)6-8(2)13-15/h4-6H,3,7,11H2,1-2H3. The Morgan fingerprint density at radius 1 is 1.40 bits per heavy atom. The maximum atomic E-state index is 5.82. The van der Waals surface area contributed by atoms with Crippen LogP contribution in [0.3, 0.4) is 0 Å². The van der Waals surface area contributed by atoms with Gasteiger partial charge < -0.3 is 5.73 Å². The molecule has 2 aromatic heterocycles. The van der Waals surface area contributed by atoms with Crippen molar-refractivity contribution < 1.29 is 0 Å². The highest BCUT2D eigenvalue weighted by Crippen LogP contribution is 2.09. The zero-order valence-corrected chi connectivity index (χ0v) is 9.01. The van der Waals surface area contributed by atoms with Gasteiger partial charge in [0.1, 0.15) is 5.82 Å². The zero-order valence-electron chi connectivity index (χ0n) is 9.01. The van der Waals surface area contributed by atoms with Crippen LogP contribution in [0.5, 0.6) is 0 Å². The Hall–Kier alpha value is -1.78. The van der Waals surface area contributed by atoms with E-state index in [1.807, 2.05) is 23.7 Å². The predicted molar refractivity (Wildman–Crippen MR) is 58.4 cm³/mol. The first-order valence-corrected chi connectivity index (χ1v) is 5.01. The van der Waals surface area contributed by atoms with Gasteiger partial charge in [-0.1, -0.05) is 0 Å². The van der Waals surface area contributed by atoms with E-state index in [1.54, 1.807) is 10.9 Å². The topological polar surface area (TPSA) is 61.7 Å². The number of anilines is 1. The molecule has 2 heterocycles. The van der Waals surface area contributed by atoms with E-state index in [2.05, 4.69) is 17.1 Å². The predicted octanol–water partition coefficient (Wildman–Crippen LogP) is 1.04. The van der Waals surface area contributed by atoms with Crippen molar-refractivity contribution in [2.45, 2.75) is 26.9 Å². The molecule has 0 unspecified atom stereocenters. The van der Waals surface area contributed by atoms with Crippen molar-refractivity contribution in [2.75, 3.05) is 5.73 Å². The number of rotatable bonds is 3. The fourth-order valence-corrected chi connectivity index (χ4v) is 1.62. The number of aromatic nitrogens is 4. The molecular formula is C10H15N5. The second-order valence-electron chi connectivity index (χ2n) is 3.51. The molecule has 0 saturated heterocycles. The normalized spacial score (nSPS) is 10.8. The quantitative estimate of drug-likeness (QED) is 0.814. The van der Waals surface area contributed by atoms with E-state index in [0.29, 0.717) is 12.4 Å². The monoisotopic (exact) mass is 205 g/mol. The zero-order chi connectivity index (χ0) is 10.8. The van der Waals surface area contributed by atoms with Crippen molar-refractivity contribution in [3.8, 4) is 0 Å². The highest BCUT2D eigenvalue weighted by atomic mass is 15.3. The molecule has 0 aliphatic rings. The molecule has 0 aromatic carbocycles. The van der Waals surface area contributed by atoms with Gasteiger partial charge in [-0.3, -0.25) is 4.68 Å². The van der Waals surface area contributed by atoms with Crippen molar-refractivity contribution in [3.63, 3.8) is 0 Å². The molecule has 0 bridgehead atoms. The van der Waals surface area contributed by atoms with Crippen LogP contribution >= 0.6 is 0 Å². The summed E-state index contributed by atoms with van der Waals surface area (Å²) in [4.78, 5) is 0. The van der Waals surface area contributed by atoms with Crippen molar-refractivity contribution in [2.24, 2.45) is 0 Å². The summed E-state index contributed by atoms with van der Waals surface area (Å²) in [5.74, 6) is 0.691. The number of nitrogens with zero attached hydrogens (tertiary/aromatic N) is 4. The van der Waals surface area contributed by atoms with Gasteiger partial charge in [-0.2, -0.15) is 10.2 Å². The Bertz CT molecular complexity index is 454. The fourth-order valence-electron chi connectivity index (χ4n) is 1.62. The van der Waals surface area contributed by atoms with Crippen molar-refractivity contribution in [1.82, 2.24) is 19.6 Å². The molecule has 0 radical (unpaired) electrons. The molecule has 0 aliphatic heterocycles. The average Bonchev–Trinajstić information content (AvgIpc) is 2.74. The molecule has 0 spiro atoms. The Morgan fingerprint density at radius 2 is 2.20 bits per heavy atom. The van der Waals surface area contributed by atoms with E-state index in [1.165, 1.54) is 0 Å². The molecule has 2 N–H and O–H groups in total. The van der Waals surface area contributed by atoms with Crippen LogP contribution in [0.4, 0.5) is 5.82 Å². The van der Waals surface area contributed by atoms with Gasteiger partial charge in [-0.05, 0) is 19.9 Å². The van der Waals surface area contributed by atoms with Crippen LogP contribution in [0.1, 0.15) is 18.3 Å². The van der Waals surface area contributed by atoms with Gasteiger partial charge in [-0.15, -0.1) is 0 Å². The molecule has 2 rings (SSSR count). The number of hydrogen-bond donors (Lipinski definition) is 1. The summed E-state index contributed by atoms with van der Waals surface area (Å²) in [5, 5.41) is 8.51. The Balaban J connectivity index is 2.25. The second-order valence-corrected chi connectivity index (χ2v) is 3.51. The van der Waals surface area contributed by atoms with Gasteiger partial charge in [0.2, 0.25) is 0 Å². The van der Waals surface area contributed by atoms with E-state index < -0.39 is 0 Å². The molecule has 0 amide bonds. The van der Waals surface area contributed by atoms with Crippen LogP contribution in [0, 0.1) is 6.92 Å². The van der Waals surface area contributed by atoms with Crippen molar-refractivity contribution >= 4 is 5.82 Å². The third-order valence-corrected chi connectivity index (χ3v) is 2.35. The van der Waals surface area contributed by atoms with E-state index in [0.717, 1.165) is 17.9 Å². The van der Waals surface area contributed by atoms with Gasteiger partial charge in [0.15, 0.2) is 0 Å². The third kappa shape index (κ3) is 1.86. The number of hydrogen-bond acceptors (Lipinski definition) is 3. The first-order valence-electron chi connectivity index (χ1n) is 5.01. The van der Waals surface area contributed by atoms with Crippen LogP contribution in [0.15, 0.2) is 18.3 Å². The Kier molecular flexibility index (Phi) is 2.45. The summed E-state index contributed by atoms with van der Waals surface area (Å²) < 4.78 is 3.73. The summed E-state index contributed by atoms with van der Waals surface area (Å²) in [7, 11) is 0. The van der Waals surface area contributed by atoms with Gasteiger partial charge in [0.05, 0.1) is 17.9 Å². The van der Waals surface area contributed by atoms with Gasteiger partial charge in [-0.25, -0.2) is 4.68 Å². The van der Waals surface area contributed by atoms with Crippen molar-refractivity contribution in [1.29, 1.82) is 0 Å². The Morgan fingerprint density at radius 3 is 2.80 bits per heavy atom. The number of aryl methyl sites for hydroxylation is 2.